The van der Waals surface area contributed by atoms with Crippen LogP contribution in [0.3, 0.4) is 0 Å². The Morgan fingerprint density at radius 2 is 1.00 bits per heavy atom. The second-order valence-electron chi connectivity index (χ2n) is 0.513. The van der Waals surface area contributed by atoms with Crippen molar-refractivity contribution in [2.24, 2.45) is 0 Å². The van der Waals surface area contributed by atoms with E-state index in [4.69, 9.17) is 28.6 Å². The molecular formula is H7CaCl2O6P. The molecule has 64 valence electrons. The second kappa shape index (κ2) is 17.1. The van der Waals surface area contributed by atoms with Crippen LogP contribution >= 0.6 is 31.6 Å². The smallest absolute Gasteiger partial charge is 1.00 e. The van der Waals surface area contributed by atoms with Gasteiger partial charge in [-0.15, -0.1) is 0 Å². The van der Waals surface area contributed by atoms with Gasteiger partial charge < -0.3 is 17.5 Å². The number of rotatable bonds is 0. The molecule has 0 saturated heterocycles. The third-order valence-corrected chi connectivity index (χ3v) is 0. The first-order chi connectivity index (χ1) is 4.00. The fourth-order valence-corrected chi connectivity index (χ4v) is 0. The first kappa shape index (κ1) is 22.6. The Balaban J connectivity index is -0.0000000116. The predicted octanol–water partition coefficient (Wildman–Crippen LogP) is -0.819. The average molecular weight is 245 g/mol. The molecule has 0 aliphatic carbocycles. The van der Waals surface area contributed by atoms with Crippen LogP contribution in [0.4, 0.5) is 0 Å². The van der Waals surface area contributed by atoms with Crippen molar-refractivity contribution in [3.63, 3.8) is 0 Å². The summed E-state index contributed by atoms with van der Waals surface area (Å²) in [5, 5.41) is 0. The van der Waals surface area contributed by atoms with E-state index in [-0.39, 0.29) is 40.6 Å². The summed E-state index contributed by atoms with van der Waals surface area (Å²) in [5.74, 6) is 0. The van der Waals surface area contributed by atoms with Crippen molar-refractivity contribution in [2.45, 2.75) is 0 Å². The number of hydrogen-bond donors (Lipinski definition) is 5. The summed E-state index contributed by atoms with van der Waals surface area (Å²) in [5.41, 5.74) is 0. The molecule has 0 bridgehead atoms. The van der Waals surface area contributed by atoms with E-state index in [1.807, 2.05) is 0 Å². The molecule has 6 nitrogen and oxygen atoms in total. The van der Waals surface area contributed by atoms with Crippen LogP contribution in [0.5, 0.6) is 0 Å². The summed E-state index contributed by atoms with van der Waals surface area (Å²) in [6, 6.07) is 0. The van der Waals surface area contributed by atoms with Crippen molar-refractivity contribution >= 4 is 69.3 Å². The predicted molar refractivity (Wildman–Crippen MR) is 38.4 cm³/mol. The average Bonchev–Trinajstić information content (AvgIpc) is 1.72. The molecule has 10 heavy (non-hydrogen) atoms. The van der Waals surface area contributed by atoms with Gasteiger partial charge in [0.1, 0.15) is 0 Å². The third kappa shape index (κ3) is 222. The van der Waals surface area contributed by atoms with Gasteiger partial charge in [0.25, 0.3) is 0 Å². The zero-order chi connectivity index (χ0) is 8.50. The Hall–Kier alpha value is 1.87. The summed E-state index contributed by atoms with van der Waals surface area (Å²) < 4.78 is 21.8. The van der Waals surface area contributed by atoms with Crippen LogP contribution in [-0.4, -0.2) is 61.7 Å². The molecule has 0 aliphatic rings. The van der Waals surface area contributed by atoms with Crippen LogP contribution < -0.4 is 0 Å². The molecule has 0 aliphatic heterocycles. The van der Waals surface area contributed by atoms with Gasteiger partial charge in [0.05, 0.1) is 23.7 Å². The van der Waals surface area contributed by atoms with Gasteiger partial charge in [-0.1, -0.05) is 0 Å². The van der Waals surface area contributed by atoms with E-state index in [2.05, 4.69) is 23.7 Å². The fraction of sp³-hybridized carbons (Fsp3) is 0. The molecule has 0 heterocycles. The van der Waals surface area contributed by atoms with Gasteiger partial charge in [-0.2, -0.15) is 0 Å². The second-order valence-corrected chi connectivity index (χ2v) is 1.54. The summed E-state index contributed by atoms with van der Waals surface area (Å²) in [7, 11) is -4.64. The zero-order valence-corrected chi connectivity index (χ0v) is 9.17. The largest absolute Gasteiger partial charge is 2.00 e. The summed E-state index contributed by atoms with van der Waals surface area (Å²) in [6.07, 6.45) is 0. The van der Waals surface area contributed by atoms with Gasteiger partial charge in [-0.3, -0.25) is 9.32 Å². The molecule has 0 aromatic carbocycles. The van der Waals surface area contributed by atoms with E-state index >= 15 is 0 Å². The van der Waals surface area contributed by atoms with Crippen molar-refractivity contribution in [1.29, 1.82) is 0 Å². The molecule has 0 amide bonds. The zero-order valence-electron chi connectivity index (χ0n) is 6.55. The minimum absolute atomic E-state index is 0. The third-order valence-electron chi connectivity index (χ3n) is 0. The maximum absolute atomic E-state index is 8.88. The van der Waals surface area contributed by atoms with E-state index in [0.29, 0.717) is 0 Å². The Bertz CT molecular complexity index is 69.7. The monoisotopic (exact) mass is 244 g/mol. The number of phosphoric acid groups is 1. The molecule has 10 heteroatoms. The number of halogens is 2. The van der Waals surface area contributed by atoms with Crippen LogP contribution in [0.25, 0.3) is 0 Å². The van der Waals surface area contributed by atoms with E-state index in [1.54, 1.807) is 0 Å². The fourth-order valence-electron chi connectivity index (χ4n) is 0. The van der Waals surface area contributed by atoms with Crippen molar-refractivity contribution in [1.82, 2.24) is 0 Å². The minimum atomic E-state index is -4.64. The summed E-state index contributed by atoms with van der Waals surface area (Å²) in [6.45, 7) is 0. The first-order valence-corrected chi connectivity index (χ1v) is 3.36. The van der Waals surface area contributed by atoms with Crippen LogP contribution in [0, 0.1) is 0 Å². The van der Waals surface area contributed by atoms with Gasteiger partial charge in [0.15, 0.2) is 0 Å². The topological polar surface area (TPSA) is 118 Å². The molecule has 0 aromatic heterocycles. The Morgan fingerprint density at radius 3 is 1.00 bits per heavy atom. The minimum Gasteiger partial charge on any atom is -1.00 e. The van der Waals surface area contributed by atoms with Gasteiger partial charge >= 0.3 is 45.6 Å². The van der Waals surface area contributed by atoms with Gasteiger partial charge in [-0.05, 0) is 0 Å². The van der Waals surface area contributed by atoms with E-state index in [0.717, 1.165) is 0 Å². The van der Waals surface area contributed by atoms with E-state index in [1.165, 1.54) is 0 Å². The van der Waals surface area contributed by atoms with E-state index < -0.39 is 7.82 Å². The molecule has 0 fully saturated rings. The molecule has 0 aromatic rings. The van der Waals surface area contributed by atoms with Crippen LogP contribution in [0.1, 0.15) is 2.85 Å². The maximum atomic E-state index is 8.88. The SMILES string of the molecule is O=P(O)(O)O.OCl.OCl.[Ca+2].[H-].[H-]. The molecule has 5 N–H and O–H groups in total. The van der Waals surface area contributed by atoms with Crippen molar-refractivity contribution in [3.8, 4) is 0 Å². The number of hydrogen-bond acceptors (Lipinski definition) is 3. The van der Waals surface area contributed by atoms with Crippen molar-refractivity contribution < 1.29 is 31.4 Å². The molecule has 0 atom stereocenters. The van der Waals surface area contributed by atoms with Gasteiger partial charge in [0, 0.05) is 0 Å². The maximum Gasteiger partial charge on any atom is 2.00 e. The molecule has 0 rings (SSSR count). The molecule has 0 spiro atoms. The standard InChI is InChI=1S/Ca.2ClHO.H3O4P.2H/c;2*1-2;1-5(2,3)4;;/h;2*2H;(H3,1,2,3,4);;/q+2;;;;2*-1. The normalized spacial score (nSPS) is 7.10. The van der Waals surface area contributed by atoms with Crippen molar-refractivity contribution in [3.05, 3.63) is 0 Å². The summed E-state index contributed by atoms with van der Waals surface area (Å²) >= 11 is 7.28. The molecule has 0 unspecified atom stereocenters. The Morgan fingerprint density at radius 1 is 1.00 bits per heavy atom. The molecular weight excluding hydrogens is 238 g/mol. The Kier molecular flexibility index (Phi) is 38.7. The van der Waals surface area contributed by atoms with Gasteiger partial charge in [-0.25, -0.2) is 4.57 Å². The van der Waals surface area contributed by atoms with Gasteiger partial charge in [0.2, 0.25) is 0 Å². The van der Waals surface area contributed by atoms with Crippen LogP contribution in [-0.2, 0) is 4.57 Å². The van der Waals surface area contributed by atoms with E-state index in [9.17, 15) is 0 Å². The molecule has 0 radical (unpaired) electrons. The van der Waals surface area contributed by atoms with Crippen LogP contribution in [0.2, 0.25) is 0 Å². The quantitative estimate of drug-likeness (QED) is 0.281. The first-order valence-electron chi connectivity index (χ1n) is 1.12. The molecule has 0 saturated carbocycles. The van der Waals surface area contributed by atoms with Crippen molar-refractivity contribution in [2.75, 3.05) is 0 Å². The van der Waals surface area contributed by atoms with Crippen LogP contribution in [0.15, 0.2) is 0 Å². The Labute approximate surface area is 99.9 Å². The summed E-state index contributed by atoms with van der Waals surface area (Å²) in [4.78, 5) is 21.6.